The summed E-state index contributed by atoms with van der Waals surface area (Å²) in [6.07, 6.45) is 3.24. The molecule has 0 aromatic carbocycles. The lowest BCUT2D eigenvalue weighted by molar-refractivity contribution is 0.510. The molecule has 0 atom stereocenters. The van der Waals surface area contributed by atoms with Gasteiger partial charge in [-0.15, -0.1) is 11.3 Å². The van der Waals surface area contributed by atoms with E-state index in [1.807, 2.05) is 0 Å². The molecule has 0 saturated carbocycles. The summed E-state index contributed by atoms with van der Waals surface area (Å²) in [7, 11) is 0. The molecule has 14 heavy (non-hydrogen) atoms. The van der Waals surface area contributed by atoms with Crippen LogP contribution in [0.15, 0.2) is 6.20 Å². The van der Waals surface area contributed by atoms with Crippen molar-refractivity contribution in [2.24, 2.45) is 11.8 Å². The van der Waals surface area contributed by atoms with E-state index in [9.17, 15) is 0 Å². The van der Waals surface area contributed by atoms with Crippen LogP contribution in [-0.2, 0) is 13.0 Å². The van der Waals surface area contributed by atoms with Crippen LogP contribution in [0.3, 0.4) is 0 Å². The first-order valence-electron chi connectivity index (χ1n) is 5.22. The zero-order valence-corrected chi connectivity index (χ0v) is 10.3. The minimum absolute atomic E-state index is 0.616. The number of hydrogen-bond acceptors (Lipinski definition) is 2. The van der Waals surface area contributed by atoms with E-state index in [0.717, 1.165) is 13.0 Å². The molecule has 0 unspecified atom stereocenters. The third kappa shape index (κ3) is 3.29. The van der Waals surface area contributed by atoms with E-state index in [1.54, 1.807) is 11.3 Å². The second kappa shape index (κ2) is 4.78. The Balaban J connectivity index is 2.77. The minimum Gasteiger partial charge on any atom is -0.324 e. The Hall–Kier alpha value is -0.570. The van der Waals surface area contributed by atoms with E-state index >= 15 is 0 Å². The first-order valence-corrected chi connectivity index (χ1v) is 6.04. The molecule has 2 nitrogen and oxygen atoms in total. The second-order valence-electron chi connectivity index (χ2n) is 4.65. The van der Waals surface area contributed by atoms with Crippen LogP contribution in [-0.4, -0.2) is 4.57 Å². The molecule has 0 aliphatic heterocycles. The van der Waals surface area contributed by atoms with Gasteiger partial charge in [-0.25, -0.2) is 0 Å². The fraction of sp³-hybridized carbons (Fsp3) is 0.727. The molecule has 1 rings (SSSR count). The quantitative estimate of drug-likeness (QED) is 0.795. The smallest absolute Gasteiger partial charge is 0.182 e. The lowest BCUT2D eigenvalue weighted by atomic mass is 10.1. The predicted molar refractivity (Wildman–Crippen MR) is 61.5 cm³/mol. The Morgan fingerprint density at radius 3 is 2.43 bits per heavy atom. The van der Waals surface area contributed by atoms with Gasteiger partial charge in [-0.2, -0.15) is 0 Å². The van der Waals surface area contributed by atoms with Crippen molar-refractivity contribution in [3.8, 4) is 0 Å². The van der Waals surface area contributed by atoms with E-state index in [1.165, 1.54) is 4.88 Å². The highest BCUT2D eigenvalue weighted by molar-refractivity contribution is 7.09. The maximum atomic E-state index is 7.81. The van der Waals surface area contributed by atoms with E-state index in [4.69, 9.17) is 5.41 Å². The molecular weight excluding hydrogens is 192 g/mol. The van der Waals surface area contributed by atoms with Gasteiger partial charge >= 0.3 is 0 Å². The number of aromatic nitrogens is 1. The number of nitrogens with one attached hydrogen (secondary N) is 1. The third-order valence-corrected chi connectivity index (χ3v) is 2.92. The van der Waals surface area contributed by atoms with Gasteiger partial charge in [-0.1, -0.05) is 27.7 Å². The largest absolute Gasteiger partial charge is 0.324 e. The number of rotatable bonds is 4. The van der Waals surface area contributed by atoms with E-state index in [2.05, 4.69) is 38.5 Å². The van der Waals surface area contributed by atoms with E-state index in [0.29, 0.717) is 16.6 Å². The van der Waals surface area contributed by atoms with Crippen LogP contribution >= 0.6 is 11.3 Å². The maximum absolute atomic E-state index is 7.81. The number of nitrogens with zero attached hydrogens (tertiary/aromatic N) is 1. The molecule has 0 saturated heterocycles. The molecule has 1 aromatic rings. The average molecular weight is 212 g/mol. The van der Waals surface area contributed by atoms with Gasteiger partial charge in [0.2, 0.25) is 0 Å². The minimum atomic E-state index is 0.616. The van der Waals surface area contributed by atoms with Crippen molar-refractivity contribution in [3.05, 3.63) is 15.9 Å². The van der Waals surface area contributed by atoms with Crippen molar-refractivity contribution >= 4 is 11.3 Å². The molecule has 0 aliphatic carbocycles. The van der Waals surface area contributed by atoms with Gasteiger partial charge < -0.3 is 4.57 Å². The molecule has 0 fully saturated rings. The van der Waals surface area contributed by atoms with Crippen LogP contribution in [0, 0.1) is 17.2 Å². The summed E-state index contributed by atoms with van der Waals surface area (Å²) < 4.78 is 2.06. The highest BCUT2D eigenvalue weighted by Gasteiger charge is 2.05. The zero-order chi connectivity index (χ0) is 10.7. The molecular formula is C11H20N2S. The Bertz CT molecular complexity index is 333. The van der Waals surface area contributed by atoms with Crippen molar-refractivity contribution in [2.45, 2.75) is 40.7 Å². The first kappa shape index (κ1) is 11.5. The van der Waals surface area contributed by atoms with Gasteiger partial charge in [0.25, 0.3) is 0 Å². The average Bonchev–Trinajstić information content (AvgIpc) is 2.28. The van der Waals surface area contributed by atoms with Gasteiger partial charge in [-0.3, -0.25) is 5.41 Å². The van der Waals surface area contributed by atoms with Crippen LogP contribution in [0.5, 0.6) is 0 Å². The van der Waals surface area contributed by atoms with Gasteiger partial charge in [-0.05, 0) is 18.3 Å². The maximum Gasteiger partial charge on any atom is 0.182 e. The van der Waals surface area contributed by atoms with E-state index in [-0.39, 0.29) is 0 Å². The molecule has 1 aromatic heterocycles. The van der Waals surface area contributed by atoms with Gasteiger partial charge in [0.15, 0.2) is 4.80 Å². The molecule has 80 valence electrons. The van der Waals surface area contributed by atoms with Crippen LogP contribution in [0.2, 0.25) is 0 Å². The summed E-state index contributed by atoms with van der Waals surface area (Å²) in [5, 5.41) is 7.81. The van der Waals surface area contributed by atoms with Crippen LogP contribution in [0.4, 0.5) is 0 Å². The van der Waals surface area contributed by atoms with Crippen LogP contribution < -0.4 is 4.80 Å². The third-order valence-electron chi connectivity index (χ3n) is 1.96. The first-order chi connectivity index (χ1) is 6.49. The zero-order valence-electron chi connectivity index (χ0n) is 9.50. The van der Waals surface area contributed by atoms with Gasteiger partial charge in [0.1, 0.15) is 0 Å². The molecule has 1 N–H and O–H groups in total. The molecule has 0 bridgehead atoms. The normalized spacial score (nSPS) is 11.6. The van der Waals surface area contributed by atoms with Crippen molar-refractivity contribution < 1.29 is 0 Å². The summed E-state index contributed by atoms with van der Waals surface area (Å²) in [4.78, 5) is 2.03. The molecule has 3 heteroatoms. The Kier molecular flexibility index (Phi) is 3.93. The fourth-order valence-corrected chi connectivity index (χ4v) is 2.56. The van der Waals surface area contributed by atoms with Crippen molar-refractivity contribution in [2.75, 3.05) is 0 Å². The van der Waals surface area contributed by atoms with Crippen LogP contribution in [0.1, 0.15) is 32.6 Å². The van der Waals surface area contributed by atoms with Crippen molar-refractivity contribution in [1.29, 1.82) is 5.41 Å². The van der Waals surface area contributed by atoms with Gasteiger partial charge in [0.05, 0.1) is 0 Å². The molecule has 0 aliphatic rings. The molecule has 0 amide bonds. The summed E-state index contributed by atoms with van der Waals surface area (Å²) in [5.41, 5.74) is 0. The Labute approximate surface area is 90.1 Å². The summed E-state index contributed by atoms with van der Waals surface area (Å²) >= 11 is 1.61. The predicted octanol–water partition coefficient (Wildman–Crippen LogP) is 2.88. The second-order valence-corrected chi connectivity index (χ2v) is 5.76. The van der Waals surface area contributed by atoms with Crippen LogP contribution in [0.25, 0.3) is 0 Å². The molecule has 0 spiro atoms. The lowest BCUT2D eigenvalue weighted by Crippen LogP contribution is -2.15. The Morgan fingerprint density at radius 2 is 1.93 bits per heavy atom. The SMILES string of the molecule is CC(C)Cc1cn(CC(C)C)c(=N)s1. The number of thiazole rings is 1. The van der Waals surface area contributed by atoms with Gasteiger partial charge in [0, 0.05) is 17.6 Å². The molecule has 0 radical (unpaired) electrons. The monoisotopic (exact) mass is 212 g/mol. The highest BCUT2D eigenvalue weighted by atomic mass is 32.1. The topological polar surface area (TPSA) is 28.8 Å². The standard InChI is InChI=1S/C11H20N2S/c1-8(2)5-10-7-13(6-9(3)4)11(12)14-10/h7-9,12H,5-6H2,1-4H3. The summed E-state index contributed by atoms with van der Waals surface area (Å²) in [6.45, 7) is 9.78. The fourth-order valence-electron chi connectivity index (χ4n) is 1.47. The summed E-state index contributed by atoms with van der Waals surface area (Å²) in [6, 6.07) is 0. The molecule has 1 heterocycles. The van der Waals surface area contributed by atoms with E-state index < -0.39 is 0 Å². The van der Waals surface area contributed by atoms with Crippen molar-refractivity contribution in [3.63, 3.8) is 0 Å². The number of hydrogen-bond donors (Lipinski definition) is 1. The Morgan fingerprint density at radius 1 is 1.29 bits per heavy atom. The van der Waals surface area contributed by atoms with Crippen molar-refractivity contribution in [1.82, 2.24) is 4.57 Å². The summed E-state index contributed by atoms with van der Waals surface area (Å²) in [5.74, 6) is 1.30. The lowest BCUT2D eigenvalue weighted by Gasteiger charge is -2.05. The highest BCUT2D eigenvalue weighted by Crippen LogP contribution is 2.11.